The molecule has 0 radical (unpaired) electrons. The normalized spacial score (nSPS) is 26.9. The van der Waals surface area contributed by atoms with Crippen LogP contribution in [0.25, 0.3) is 0 Å². The molecule has 1 aromatic carbocycles. The zero-order valence-electron chi connectivity index (χ0n) is 16.5. The van der Waals surface area contributed by atoms with Crippen molar-refractivity contribution < 1.29 is 24.4 Å². The largest absolute Gasteiger partial charge is 0.489 e. The summed E-state index contributed by atoms with van der Waals surface area (Å²) in [6, 6.07) is 5.61. The summed E-state index contributed by atoms with van der Waals surface area (Å²) in [6.07, 6.45) is 3.14. The van der Waals surface area contributed by atoms with E-state index in [9.17, 15) is 14.7 Å². The fraction of sp³-hybridized carbons (Fsp3) is 0.571. The maximum absolute atomic E-state index is 12.8. The van der Waals surface area contributed by atoms with E-state index in [1.165, 1.54) is 0 Å². The van der Waals surface area contributed by atoms with Crippen LogP contribution < -0.4 is 9.73 Å². The lowest BCUT2D eigenvalue weighted by Gasteiger charge is -2.43. The zero-order chi connectivity index (χ0) is 19.8. The van der Waals surface area contributed by atoms with Gasteiger partial charge >= 0.3 is 11.8 Å². The summed E-state index contributed by atoms with van der Waals surface area (Å²) in [5, 5.41) is 10.1. The van der Waals surface area contributed by atoms with Crippen LogP contribution in [0.5, 0.6) is 5.75 Å². The van der Waals surface area contributed by atoms with Gasteiger partial charge in [-0.05, 0) is 56.1 Å². The standard InChI is InChI=1S/C21H27N3O4/c1-3-23(4-2)16-7-9-18(16)28-14-5-6-15-13(11-14)12-24(21(15)27)17-8-10-19(25)22-20(17)26/h5-6,11,16-18H,3-4,7-10,12H2,1-2H3,(H,22,25,26)/p+1/t16-,17?,18+/m0/s1. The lowest BCUT2D eigenvalue weighted by Crippen LogP contribution is -2.82. The molecular formula is C21H28N3O4+. The summed E-state index contributed by atoms with van der Waals surface area (Å²) < 4.78 is 6.24. The summed E-state index contributed by atoms with van der Waals surface area (Å²) in [6.45, 7) is 6.81. The number of nitrogens with zero attached hydrogens (tertiary/aromatic N) is 2. The van der Waals surface area contributed by atoms with Crippen molar-refractivity contribution in [3.8, 4) is 5.75 Å². The number of carbonyl (C=O) groups is 2. The van der Waals surface area contributed by atoms with Gasteiger partial charge in [-0.2, -0.15) is 0 Å². The summed E-state index contributed by atoms with van der Waals surface area (Å²) >= 11 is 0. The van der Waals surface area contributed by atoms with Crippen LogP contribution in [0, 0.1) is 0 Å². The number of benzene rings is 1. The Morgan fingerprint density at radius 3 is 2.64 bits per heavy atom. The Hall–Kier alpha value is -2.41. The molecule has 7 nitrogen and oxygen atoms in total. The molecule has 3 aliphatic rings. The predicted molar refractivity (Wildman–Crippen MR) is 103 cm³/mol. The molecule has 2 N–H and O–H groups in total. The maximum atomic E-state index is 12.8. The fourth-order valence-electron chi connectivity index (χ4n) is 4.52. The van der Waals surface area contributed by atoms with Crippen LogP contribution in [0.4, 0.5) is 0 Å². The van der Waals surface area contributed by atoms with Gasteiger partial charge in [0.2, 0.25) is 0 Å². The second-order valence-electron chi connectivity index (χ2n) is 7.76. The third-order valence-corrected chi connectivity index (χ3v) is 6.26. The average Bonchev–Trinajstić information content (AvgIpc) is 2.99. The van der Waals surface area contributed by atoms with Crippen LogP contribution in [-0.4, -0.2) is 63.9 Å². The highest BCUT2D eigenvalue weighted by atomic mass is 16.5. The van der Waals surface area contributed by atoms with Crippen molar-refractivity contribution in [1.82, 2.24) is 9.80 Å². The van der Waals surface area contributed by atoms with Gasteiger partial charge in [0, 0.05) is 18.2 Å². The quantitative estimate of drug-likeness (QED) is 0.749. The molecule has 2 amide bonds. The number of ether oxygens (including phenoxy) is 1. The van der Waals surface area contributed by atoms with Crippen molar-refractivity contribution >= 4 is 17.7 Å². The first-order chi connectivity index (χ1) is 13.5. The molecule has 3 atom stereocenters. The van der Waals surface area contributed by atoms with Crippen molar-refractivity contribution in [1.29, 1.82) is 0 Å². The van der Waals surface area contributed by atoms with Crippen molar-refractivity contribution in [2.24, 2.45) is 0 Å². The fourth-order valence-corrected chi connectivity index (χ4v) is 4.52. The summed E-state index contributed by atoms with van der Waals surface area (Å²) in [4.78, 5) is 30.7. The van der Waals surface area contributed by atoms with Crippen LogP contribution in [0.2, 0.25) is 0 Å². The minimum atomic E-state index is -0.472. The molecule has 1 fully saturated rings. The number of amides is 2. The van der Waals surface area contributed by atoms with Crippen LogP contribution >= 0.6 is 0 Å². The number of hydrogen-bond donors (Lipinski definition) is 2. The van der Waals surface area contributed by atoms with E-state index in [0.717, 1.165) is 37.2 Å². The molecule has 1 saturated carbocycles. The number of likely N-dealkylation sites (N-methyl/N-ethyl adjacent to an activating group) is 1. The minimum Gasteiger partial charge on any atom is -0.489 e. The number of rotatable bonds is 6. The highest BCUT2D eigenvalue weighted by molar-refractivity contribution is 6.01. The van der Waals surface area contributed by atoms with E-state index in [2.05, 4.69) is 23.7 Å². The van der Waals surface area contributed by atoms with E-state index in [0.29, 0.717) is 31.0 Å². The Morgan fingerprint density at radius 2 is 2.00 bits per heavy atom. The van der Waals surface area contributed by atoms with Gasteiger partial charge in [0.15, 0.2) is 6.04 Å². The van der Waals surface area contributed by atoms with Crippen molar-refractivity contribution in [2.45, 2.75) is 64.3 Å². The lowest BCUT2D eigenvalue weighted by molar-refractivity contribution is -0.394. The monoisotopic (exact) mass is 386 g/mol. The zero-order valence-corrected chi connectivity index (χ0v) is 16.5. The summed E-state index contributed by atoms with van der Waals surface area (Å²) in [7, 11) is 0. The second-order valence-corrected chi connectivity index (χ2v) is 7.76. The van der Waals surface area contributed by atoms with Crippen molar-refractivity contribution in [2.75, 3.05) is 13.1 Å². The molecule has 0 spiro atoms. The third kappa shape index (κ3) is 3.28. The number of hydrogen-bond acceptors (Lipinski definition) is 4. The summed E-state index contributed by atoms with van der Waals surface area (Å²) in [5.41, 5.74) is 1.55. The van der Waals surface area contributed by atoms with E-state index in [4.69, 9.17) is 4.74 Å². The Labute approximate surface area is 165 Å². The topological polar surface area (TPSA) is 84.1 Å². The first-order valence-corrected chi connectivity index (χ1v) is 10.2. The Morgan fingerprint density at radius 1 is 1.21 bits per heavy atom. The van der Waals surface area contributed by atoms with E-state index in [1.807, 2.05) is 18.2 Å². The van der Waals surface area contributed by atoms with Crippen molar-refractivity contribution in [3.63, 3.8) is 0 Å². The highest BCUT2D eigenvalue weighted by Crippen LogP contribution is 2.33. The first kappa shape index (κ1) is 18.9. The number of carbonyl (C=O) groups excluding carboxylic acids is 2. The molecule has 1 aromatic rings. The van der Waals surface area contributed by atoms with Crippen LogP contribution in [-0.2, 0) is 11.3 Å². The van der Waals surface area contributed by atoms with Crippen LogP contribution in [0.15, 0.2) is 18.2 Å². The molecule has 7 heteroatoms. The number of nitrogens with one attached hydrogen (secondary N) is 1. The van der Waals surface area contributed by atoms with E-state index in [1.54, 1.807) is 4.90 Å². The molecule has 1 aliphatic carbocycles. The Balaban J connectivity index is 1.47. The molecule has 2 aliphatic heterocycles. The van der Waals surface area contributed by atoms with Crippen LogP contribution in [0.1, 0.15) is 55.5 Å². The molecule has 1 unspecified atom stereocenters. The Bertz CT molecular complexity index is 818. The number of fused-ring (bicyclic) bond motifs is 1. The minimum absolute atomic E-state index is 0.112. The molecule has 0 aromatic heterocycles. The lowest BCUT2D eigenvalue weighted by atomic mass is 9.87. The van der Waals surface area contributed by atoms with Gasteiger partial charge in [-0.25, -0.2) is 4.79 Å². The van der Waals surface area contributed by atoms with Gasteiger partial charge in [0.25, 0.3) is 5.91 Å². The van der Waals surface area contributed by atoms with Gasteiger partial charge in [0.1, 0.15) is 11.9 Å². The maximum Gasteiger partial charge on any atom is 0.388 e. The smallest absolute Gasteiger partial charge is 0.388 e. The van der Waals surface area contributed by atoms with E-state index in [-0.39, 0.29) is 23.8 Å². The average molecular weight is 386 g/mol. The SMILES string of the molecule is CCN(CC)[C@H]1CC[C@H]1Oc1ccc2c(c1)CN(C1CCC(=O)[NH+]=C1O)C2=O. The molecule has 28 heavy (non-hydrogen) atoms. The first-order valence-electron chi connectivity index (χ1n) is 10.2. The van der Waals surface area contributed by atoms with Crippen LogP contribution in [0.3, 0.4) is 0 Å². The number of aliphatic hydroxyl groups excluding tert-OH is 1. The van der Waals surface area contributed by atoms with Gasteiger partial charge < -0.3 is 14.7 Å². The van der Waals surface area contributed by atoms with Gasteiger partial charge in [-0.15, -0.1) is 4.99 Å². The molecular weight excluding hydrogens is 358 g/mol. The van der Waals surface area contributed by atoms with Gasteiger partial charge in [0.05, 0.1) is 6.42 Å². The van der Waals surface area contributed by atoms with E-state index >= 15 is 0 Å². The summed E-state index contributed by atoms with van der Waals surface area (Å²) in [5.74, 6) is 0.335. The number of aliphatic hydroxyl groups is 1. The van der Waals surface area contributed by atoms with Gasteiger partial charge in [-0.1, -0.05) is 13.8 Å². The Kier molecular flexibility index (Phi) is 5.10. The molecule has 2 heterocycles. The molecule has 150 valence electrons. The highest BCUT2D eigenvalue weighted by Gasteiger charge is 2.41. The van der Waals surface area contributed by atoms with Crippen molar-refractivity contribution in [3.05, 3.63) is 29.3 Å². The van der Waals surface area contributed by atoms with E-state index < -0.39 is 6.04 Å². The molecule has 4 rings (SSSR count). The second kappa shape index (κ2) is 7.54. The van der Waals surface area contributed by atoms with Gasteiger partial charge in [-0.3, -0.25) is 9.69 Å². The predicted octanol–water partition coefficient (Wildman–Crippen LogP) is 0.620. The third-order valence-electron chi connectivity index (χ3n) is 6.26. The molecule has 0 saturated heterocycles. The molecule has 0 bridgehead atoms.